The van der Waals surface area contributed by atoms with Gasteiger partial charge < -0.3 is 19.5 Å². The molecule has 0 spiro atoms. The number of anilines is 1. The second kappa shape index (κ2) is 8.60. The van der Waals surface area contributed by atoms with E-state index in [1.165, 1.54) is 36.0 Å². The van der Waals surface area contributed by atoms with E-state index >= 15 is 0 Å². The van der Waals surface area contributed by atoms with Crippen molar-refractivity contribution in [2.75, 3.05) is 25.0 Å². The molecule has 0 radical (unpaired) electrons. The Morgan fingerprint density at radius 2 is 1.83 bits per heavy atom. The number of nitrogens with zero attached hydrogens (tertiary/aromatic N) is 2. The Morgan fingerprint density at radius 1 is 1.17 bits per heavy atom. The number of carbonyl (C=O) groups is 2. The molecule has 0 unspecified atom stereocenters. The van der Waals surface area contributed by atoms with Gasteiger partial charge >= 0.3 is 6.18 Å². The van der Waals surface area contributed by atoms with Gasteiger partial charge in [0.05, 0.1) is 11.1 Å². The number of ether oxygens (including phenoxy) is 1. The summed E-state index contributed by atoms with van der Waals surface area (Å²) in [6.07, 6.45) is -1.45. The van der Waals surface area contributed by atoms with Gasteiger partial charge in [0.15, 0.2) is 6.61 Å². The number of hydrogen-bond donors (Lipinski definition) is 1. The van der Waals surface area contributed by atoms with Gasteiger partial charge in [-0.25, -0.2) is 0 Å². The van der Waals surface area contributed by atoms with E-state index in [0.717, 1.165) is 25.0 Å². The molecule has 30 heavy (non-hydrogen) atoms. The number of hydrogen-bond acceptors (Lipinski definition) is 4. The first-order valence-corrected chi connectivity index (χ1v) is 9.25. The molecule has 0 bridgehead atoms. The number of carbonyl (C=O) groups excluding carboxylic acids is 2. The lowest BCUT2D eigenvalue weighted by atomic mass is 10.2. The molecular formula is C20H20F3N3O4. The van der Waals surface area contributed by atoms with Gasteiger partial charge in [-0.05, 0) is 31.0 Å². The summed E-state index contributed by atoms with van der Waals surface area (Å²) in [5.74, 6) is -1.57. The van der Waals surface area contributed by atoms with Crippen molar-refractivity contribution < 1.29 is 27.5 Å². The zero-order valence-corrected chi connectivity index (χ0v) is 16.2. The lowest BCUT2D eigenvalue weighted by molar-refractivity contribution is -0.139. The molecule has 0 atom stereocenters. The van der Waals surface area contributed by atoms with Crippen LogP contribution in [0.3, 0.4) is 0 Å². The summed E-state index contributed by atoms with van der Waals surface area (Å²) >= 11 is 0. The van der Waals surface area contributed by atoms with Crippen molar-refractivity contribution in [3.63, 3.8) is 0 Å². The number of nitrogens with one attached hydrogen (secondary N) is 1. The molecule has 7 nitrogen and oxygen atoms in total. The summed E-state index contributed by atoms with van der Waals surface area (Å²) in [4.78, 5) is 38.7. The monoisotopic (exact) mass is 423 g/mol. The molecule has 0 aliphatic carbocycles. The molecular weight excluding hydrogens is 403 g/mol. The molecule has 10 heteroatoms. The maximum absolute atomic E-state index is 13.0. The summed E-state index contributed by atoms with van der Waals surface area (Å²) in [5.41, 5.74) is -1.48. The highest BCUT2D eigenvalue weighted by Crippen LogP contribution is 2.35. The van der Waals surface area contributed by atoms with Crippen molar-refractivity contribution in [1.82, 2.24) is 9.47 Å². The standard InChI is InChI=1S/C20H20F3N3O4/c1-25-11-13(18(28)26-8-4-5-9-26)10-15(19(25)29)24-17(27)12-30-16-7-3-2-6-14(16)20(21,22)23/h2-3,6-7,10-11H,4-5,8-9,12H2,1H3,(H,24,27). The van der Waals surface area contributed by atoms with Gasteiger partial charge in [-0.2, -0.15) is 13.2 Å². The van der Waals surface area contributed by atoms with Gasteiger partial charge in [-0.3, -0.25) is 14.4 Å². The quantitative estimate of drug-likeness (QED) is 0.802. The van der Waals surface area contributed by atoms with E-state index in [2.05, 4.69) is 5.32 Å². The number of halogens is 3. The van der Waals surface area contributed by atoms with Crippen LogP contribution >= 0.6 is 0 Å². The first-order valence-electron chi connectivity index (χ1n) is 9.25. The second-order valence-corrected chi connectivity index (χ2v) is 6.89. The van der Waals surface area contributed by atoms with Crippen molar-refractivity contribution >= 4 is 17.5 Å². The summed E-state index contributed by atoms with van der Waals surface area (Å²) in [6.45, 7) is 0.506. The lowest BCUT2D eigenvalue weighted by Gasteiger charge is -2.17. The van der Waals surface area contributed by atoms with E-state index in [9.17, 15) is 27.6 Å². The van der Waals surface area contributed by atoms with E-state index in [1.54, 1.807) is 4.90 Å². The van der Waals surface area contributed by atoms with Crippen molar-refractivity contribution in [2.45, 2.75) is 19.0 Å². The number of alkyl halides is 3. The molecule has 1 fully saturated rings. The van der Waals surface area contributed by atoms with E-state index in [-0.39, 0.29) is 17.2 Å². The van der Waals surface area contributed by atoms with Crippen LogP contribution in [0.1, 0.15) is 28.8 Å². The van der Waals surface area contributed by atoms with E-state index < -0.39 is 35.6 Å². The van der Waals surface area contributed by atoms with Crippen LogP contribution in [0.4, 0.5) is 18.9 Å². The first-order chi connectivity index (χ1) is 14.2. The number of likely N-dealkylation sites (tertiary alicyclic amines) is 1. The molecule has 3 rings (SSSR count). The molecule has 1 aliphatic rings. The average molecular weight is 423 g/mol. The number of benzene rings is 1. The number of aryl methyl sites for hydroxylation is 1. The normalized spacial score (nSPS) is 13.9. The third kappa shape index (κ3) is 4.81. The molecule has 160 valence electrons. The highest BCUT2D eigenvalue weighted by molar-refractivity contribution is 5.97. The minimum Gasteiger partial charge on any atom is -0.483 e. The highest BCUT2D eigenvalue weighted by Gasteiger charge is 2.34. The summed E-state index contributed by atoms with van der Waals surface area (Å²) in [6, 6.07) is 5.78. The Hall–Kier alpha value is -3.30. The van der Waals surface area contributed by atoms with Gasteiger partial charge in [0, 0.05) is 26.3 Å². The van der Waals surface area contributed by atoms with Crippen molar-refractivity contribution in [2.24, 2.45) is 7.05 Å². The molecule has 1 saturated heterocycles. The predicted molar refractivity (Wildman–Crippen MR) is 102 cm³/mol. The van der Waals surface area contributed by atoms with Crippen LogP contribution in [-0.2, 0) is 18.0 Å². The Balaban J connectivity index is 1.73. The highest BCUT2D eigenvalue weighted by atomic mass is 19.4. The van der Waals surface area contributed by atoms with Crippen molar-refractivity contribution in [3.05, 3.63) is 58.0 Å². The van der Waals surface area contributed by atoms with Gasteiger partial charge in [0.1, 0.15) is 11.4 Å². The molecule has 0 saturated carbocycles. The maximum Gasteiger partial charge on any atom is 0.419 e. The number of aromatic nitrogens is 1. The van der Waals surface area contributed by atoms with Crippen LogP contribution < -0.4 is 15.6 Å². The smallest absolute Gasteiger partial charge is 0.419 e. The second-order valence-electron chi connectivity index (χ2n) is 6.89. The third-order valence-electron chi connectivity index (χ3n) is 4.65. The third-order valence-corrected chi connectivity index (χ3v) is 4.65. The SMILES string of the molecule is Cn1cc(C(=O)N2CCCC2)cc(NC(=O)COc2ccccc2C(F)(F)F)c1=O. The minimum atomic E-state index is -4.63. The van der Waals surface area contributed by atoms with E-state index in [1.807, 2.05) is 0 Å². The zero-order valence-electron chi connectivity index (χ0n) is 16.2. The summed E-state index contributed by atoms with van der Waals surface area (Å²) in [7, 11) is 1.44. The number of amides is 2. The van der Waals surface area contributed by atoms with Crippen molar-refractivity contribution in [1.29, 1.82) is 0 Å². The molecule has 1 aromatic heterocycles. The lowest BCUT2D eigenvalue weighted by Crippen LogP contribution is -2.31. The Kier molecular flexibility index (Phi) is 6.14. The van der Waals surface area contributed by atoms with Crippen LogP contribution in [0.5, 0.6) is 5.75 Å². The molecule has 1 N–H and O–H groups in total. The molecule has 1 aromatic carbocycles. The van der Waals surface area contributed by atoms with Crippen LogP contribution in [0, 0.1) is 0 Å². The Labute approximate surface area is 170 Å². The fraction of sp³-hybridized carbons (Fsp3) is 0.350. The van der Waals surface area contributed by atoms with Crippen LogP contribution in [0.25, 0.3) is 0 Å². The Bertz CT molecular complexity index is 1010. The van der Waals surface area contributed by atoms with Crippen LogP contribution in [0.15, 0.2) is 41.3 Å². The molecule has 1 aliphatic heterocycles. The fourth-order valence-electron chi connectivity index (χ4n) is 3.18. The number of pyridine rings is 1. The predicted octanol–water partition coefficient (Wildman–Crippen LogP) is 2.66. The molecule has 2 aromatic rings. The van der Waals surface area contributed by atoms with Gasteiger partial charge in [0.2, 0.25) is 0 Å². The van der Waals surface area contributed by atoms with Crippen LogP contribution in [0.2, 0.25) is 0 Å². The maximum atomic E-state index is 13.0. The molecule has 2 heterocycles. The number of rotatable bonds is 5. The van der Waals surface area contributed by atoms with Crippen molar-refractivity contribution in [3.8, 4) is 5.75 Å². The summed E-state index contributed by atoms with van der Waals surface area (Å²) in [5, 5.41) is 2.32. The molecule has 2 amide bonds. The van der Waals surface area contributed by atoms with E-state index in [4.69, 9.17) is 4.74 Å². The summed E-state index contributed by atoms with van der Waals surface area (Å²) < 4.78 is 45.2. The number of para-hydroxylation sites is 1. The zero-order chi connectivity index (χ0) is 21.9. The fourth-order valence-corrected chi connectivity index (χ4v) is 3.18. The van der Waals surface area contributed by atoms with Gasteiger partial charge in [-0.1, -0.05) is 12.1 Å². The average Bonchev–Trinajstić information content (AvgIpc) is 3.23. The van der Waals surface area contributed by atoms with Gasteiger partial charge in [0.25, 0.3) is 17.4 Å². The topological polar surface area (TPSA) is 80.6 Å². The minimum absolute atomic E-state index is 0.153. The van der Waals surface area contributed by atoms with Gasteiger partial charge in [-0.15, -0.1) is 0 Å². The Morgan fingerprint density at radius 3 is 2.50 bits per heavy atom. The first kappa shape index (κ1) is 21.4. The van der Waals surface area contributed by atoms with E-state index in [0.29, 0.717) is 13.1 Å². The van der Waals surface area contributed by atoms with Crippen LogP contribution in [-0.4, -0.2) is 41.0 Å². The largest absolute Gasteiger partial charge is 0.483 e.